The molecule has 2 N–H and O–H groups in total. The Morgan fingerprint density at radius 1 is 1.03 bits per heavy atom. The van der Waals surface area contributed by atoms with Crippen LogP contribution in [0.15, 0.2) is 36.4 Å². The van der Waals surface area contributed by atoms with E-state index in [0.29, 0.717) is 19.1 Å². The second kappa shape index (κ2) is 8.94. The first-order valence-corrected chi connectivity index (χ1v) is 9.43. The average molecular weight is 456 g/mol. The van der Waals surface area contributed by atoms with Crippen LogP contribution < -0.4 is 10.6 Å². The molecule has 0 atom stereocenters. The van der Waals surface area contributed by atoms with E-state index < -0.39 is 34.6 Å². The van der Waals surface area contributed by atoms with Crippen molar-refractivity contribution in [1.29, 1.82) is 0 Å². The Hall–Kier alpha value is -3.11. The fraction of sp³-hybridized carbons (Fsp3) is 0.250. The summed E-state index contributed by atoms with van der Waals surface area (Å²) >= 11 is 5.56. The zero-order valence-electron chi connectivity index (χ0n) is 16.2. The minimum atomic E-state index is -4.67. The van der Waals surface area contributed by atoms with Crippen molar-refractivity contribution in [3.63, 3.8) is 0 Å². The van der Waals surface area contributed by atoms with E-state index in [1.54, 1.807) is 0 Å². The van der Waals surface area contributed by atoms with E-state index in [4.69, 9.17) is 16.3 Å². The van der Waals surface area contributed by atoms with E-state index in [1.807, 2.05) is 0 Å². The Bertz CT molecular complexity index is 1040. The summed E-state index contributed by atoms with van der Waals surface area (Å²) in [4.78, 5) is 38.2. The second-order valence-corrected chi connectivity index (χ2v) is 7.05. The van der Waals surface area contributed by atoms with Crippen molar-refractivity contribution in [3.8, 4) is 0 Å². The average Bonchev–Trinajstić information content (AvgIpc) is 2.93. The van der Waals surface area contributed by atoms with Crippen LogP contribution in [0.25, 0.3) is 0 Å². The lowest BCUT2D eigenvalue weighted by Gasteiger charge is -2.13. The van der Waals surface area contributed by atoms with E-state index in [2.05, 4.69) is 10.6 Å². The lowest BCUT2D eigenvalue weighted by Crippen LogP contribution is -2.31. The maximum Gasteiger partial charge on any atom is 0.417 e. The van der Waals surface area contributed by atoms with Crippen LogP contribution in [0.2, 0.25) is 5.02 Å². The number of rotatable bonds is 6. The van der Waals surface area contributed by atoms with Gasteiger partial charge in [0, 0.05) is 31.6 Å². The van der Waals surface area contributed by atoms with Gasteiger partial charge in [-0.3, -0.25) is 14.5 Å². The van der Waals surface area contributed by atoms with Gasteiger partial charge in [-0.2, -0.15) is 13.2 Å². The highest BCUT2D eigenvalue weighted by atomic mass is 35.5. The molecule has 0 radical (unpaired) electrons. The van der Waals surface area contributed by atoms with Gasteiger partial charge in [-0.25, -0.2) is 4.79 Å². The van der Waals surface area contributed by atoms with Crippen molar-refractivity contribution in [2.75, 3.05) is 30.9 Å². The number of fused-ring (bicyclic) bond motifs is 1. The number of methoxy groups -OCH3 is 1. The number of alkyl halides is 3. The monoisotopic (exact) mass is 455 g/mol. The van der Waals surface area contributed by atoms with E-state index in [9.17, 15) is 27.6 Å². The molecule has 31 heavy (non-hydrogen) atoms. The molecule has 1 aliphatic heterocycles. The number of carbonyl (C=O) groups is 3. The first-order chi connectivity index (χ1) is 14.6. The van der Waals surface area contributed by atoms with Crippen LogP contribution in [0.4, 0.5) is 29.3 Å². The summed E-state index contributed by atoms with van der Waals surface area (Å²) in [6.45, 7) is 0.586. The number of urea groups is 1. The number of hydrogen-bond donors (Lipinski definition) is 2. The van der Waals surface area contributed by atoms with Crippen molar-refractivity contribution in [3.05, 3.63) is 58.1 Å². The lowest BCUT2D eigenvalue weighted by molar-refractivity contribution is -0.137. The molecule has 0 saturated heterocycles. The molecule has 1 heterocycles. The third-order valence-electron chi connectivity index (χ3n) is 4.49. The standard InChI is InChI=1S/C20H17ClF3N3O4/c1-31-8-2-7-27-17(28)13-5-3-11(9-14(13)18(27)29)25-19(30)26-12-4-6-16(21)15(10-12)20(22,23)24/h3-6,9-10H,2,7-8H2,1H3,(H2,25,26,30). The minimum absolute atomic E-state index is 0.119. The summed E-state index contributed by atoms with van der Waals surface area (Å²) in [5.74, 6) is -0.930. The first-order valence-electron chi connectivity index (χ1n) is 9.05. The van der Waals surface area contributed by atoms with Crippen LogP contribution >= 0.6 is 11.6 Å². The summed E-state index contributed by atoms with van der Waals surface area (Å²) in [5.41, 5.74) is -0.666. The van der Waals surface area contributed by atoms with Crippen LogP contribution in [0.3, 0.4) is 0 Å². The molecular weight excluding hydrogens is 439 g/mol. The Morgan fingerprint density at radius 2 is 1.65 bits per heavy atom. The molecule has 2 aromatic rings. The Morgan fingerprint density at radius 3 is 2.29 bits per heavy atom. The summed E-state index contributed by atoms with van der Waals surface area (Å²) in [5, 5.41) is 4.21. The highest BCUT2D eigenvalue weighted by molar-refractivity contribution is 6.31. The fourth-order valence-corrected chi connectivity index (χ4v) is 3.28. The highest BCUT2D eigenvalue weighted by Crippen LogP contribution is 2.36. The van der Waals surface area contributed by atoms with E-state index in [0.717, 1.165) is 11.0 Å². The lowest BCUT2D eigenvalue weighted by atomic mass is 10.1. The highest BCUT2D eigenvalue weighted by Gasteiger charge is 2.35. The van der Waals surface area contributed by atoms with Gasteiger partial charge in [-0.05, 0) is 42.8 Å². The Labute approximate surface area is 180 Å². The van der Waals surface area contributed by atoms with Crippen molar-refractivity contribution >= 4 is 40.8 Å². The second-order valence-electron chi connectivity index (χ2n) is 6.64. The van der Waals surface area contributed by atoms with Gasteiger partial charge in [-0.15, -0.1) is 0 Å². The molecule has 3 rings (SSSR count). The molecule has 4 amide bonds. The molecule has 0 fully saturated rings. The van der Waals surface area contributed by atoms with Crippen LogP contribution in [0, 0.1) is 0 Å². The molecule has 11 heteroatoms. The Balaban J connectivity index is 1.71. The number of halogens is 4. The van der Waals surface area contributed by atoms with E-state index in [1.165, 1.54) is 31.4 Å². The quantitative estimate of drug-likeness (QED) is 0.491. The Kier molecular flexibility index (Phi) is 6.51. The molecule has 7 nitrogen and oxygen atoms in total. The van der Waals surface area contributed by atoms with Crippen LogP contribution in [-0.4, -0.2) is 43.0 Å². The maximum absolute atomic E-state index is 13.0. The molecule has 0 aliphatic carbocycles. The SMILES string of the molecule is COCCCN1C(=O)c2ccc(NC(=O)Nc3ccc(Cl)c(C(F)(F)F)c3)cc2C1=O. The number of imide groups is 1. The van der Waals surface area contributed by atoms with Gasteiger partial charge >= 0.3 is 12.2 Å². The molecule has 164 valence electrons. The van der Waals surface area contributed by atoms with E-state index >= 15 is 0 Å². The van der Waals surface area contributed by atoms with Gasteiger partial charge in [0.2, 0.25) is 0 Å². The van der Waals surface area contributed by atoms with Gasteiger partial charge in [-0.1, -0.05) is 11.6 Å². The topological polar surface area (TPSA) is 87.7 Å². The van der Waals surface area contributed by atoms with Crippen molar-refractivity contribution in [2.24, 2.45) is 0 Å². The normalized spacial score (nSPS) is 13.4. The fourth-order valence-electron chi connectivity index (χ4n) is 3.05. The molecule has 1 aliphatic rings. The van der Waals surface area contributed by atoms with Crippen LogP contribution in [-0.2, 0) is 10.9 Å². The van der Waals surface area contributed by atoms with E-state index in [-0.39, 0.29) is 29.0 Å². The predicted octanol–water partition coefficient (Wildman–Crippen LogP) is 4.64. The number of hydrogen-bond acceptors (Lipinski definition) is 4. The first kappa shape index (κ1) is 22.6. The molecule has 0 saturated carbocycles. The molecule has 0 bridgehead atoms. The summed E-state index contributed by atoms with van der Waals surface area (Å²) < 4.78 is 43.8. The zero-order valence-corrected chi connectivity index (χ0v) is 16.9. The summed E-state index contributed by atoms with van der Waals surface area (Å²) in [7, 11) is 1.51. The molecule has 2 aromatic carbocycles. The van der Waals surface area contributed by atoms with Gasteiger partial charge in [0.1, 0.15) is 0 Å². The van der Waals surface area contributed by atoms with Gasteiger partial charge in [0.25, 0.3) is 11.8 Å². The van der Waals surface area contributed by atoms with Gasteiger partial charge in [0.15, 0.2) is 0 Å². The number of carbonyl (C=O) groups excluding carboxylic acids is 3. The molecule has 0 aromatic heterocycles. The van der Waals surface area contributed by atoms with Crippen molar-refractivity contribution in [2.45, 2.75) is 12.6 Å². The van der Waals surface area contributed by atoms with Crippen molar-refractivity contribution in [1.82, 2.24) is 4.90 Å². The van der Waals surface area contributed by atoms with Crippen LogP contribution in [0.5, 0.6) is 0 Å². The maximum atomic E-state index is 13.0. The smallest absolute Gasteiger partial charge is 0.385 e. The number of benzene rings is 2. The largest absolute Gasteiger partial charge is 0.417 e. The predicted molar refractivity (Wildman–Crippen MR) is 107 cm³/mol. The van der Waals surface area contributed by atoms with Crippen molar-refractivity contribution < 1.29 is 32.3 Å². The van der Waals surface area contributed by atoms with Gasteiger partial charge in [0.05, 0.1) is 21.7 Å². The molecular formula is C20H17ClF3N3O4. The third-order valence-corrected chi connectivity index (χ3v) is 4.82. The summed E-state index contributed by atoms with van der Waals surface area (Å²) in [6, 6.07) is 6.30. The van der Waals surface area contributed by atoms with Crippen LogP contribution in [0.1, 0.15) is 32.7 Å². The number of nitrogens with one attached hydrogen (secondary N) is 2. The third kappa shape index (κ3) is 4.97. The molecule has 0 spiro atoms. The number of nitrogens with zero attached hydrogens (tertiary/aromatic N) is 1. The summed E-state index contributed by atoms with van der Waals surface area (Å²) in [6.07, 6.45) is -4.19. The number of ether oxygens (including phenoxy) is 1. The molecule has 0 unspecified atom stereocenters. The number of anilines is 2. The zero-order chi connectivity index (χ0) is 22.8. The van der Waals surface area contributed by atoms with Gasteiger partial charge < -0.3 is 15.4 Å². The number of amides is 4. The minimum Gasteiger partial charge on any atom is -0.385 e.